The summed E-state index contributed by atoms with van der Waals surface area (Å²) in [6.07, 6.45) is 1.00. The van der Waals surface area contributed by atoms with E-state index in [9.17, 15) is 28.4 Å². The van der Waals surface area contributed by atoms with E-state index in [1.54, 1.807) is 0 Å². The van der Waals surface area contributed by atoms with Gasteiger partial charge in [0.2, 0.25) is 11.7 Å². The van der Waals surface area contributed by atoms with E-state index >= 15 is 0 Å². The lowest BCUT2D eigenvalue weighted by molar-refractivity contribution is 0.0501. The molecule has 3 aromatic rings. The van der Waals surface area contributed by atoms with E-state index in [4.69, 9.17) is 9.47 Å². The third kappa shape index (κ3) is 4.05. The highest BCUT2D eigenvalue weighted by molar-refractivity contribution is 5.99. The number of esters is 1. The summed E-state index contributed by atoms with van der Waals surface area (Å²) < 4.78 is 25.7. The number of hydrogen-bond acceptors (Lipinski definition) is 7. The van der Waals surface area contributed by atoms with Gasteiger partial charge in [-0.3, -0.25) is 23.9 Å². The Hall–Kier alpha value is -4.12. The lowest BCUT2D eigenvalue weighted by Gasteiger charge is -2.15. The van der Waals surface area contributed by atoms with Gasteiger partial charge in [-0.05, 0) is 37.1 Å². The first-order valence-corrected chi connectivity index (χ1v) is 9.57. The molecule has 10 nitrogen and oxygen atoms in total. The highest BCUT2D eigenvalue weighted by atomic mass is 19.1. The number of hydrogen-bond donors (Lipinski definition) is 1. The number of pyridine rings is 1. The standard InChI is InChI=1S/C21H16FN3O7/c22-14-11-24(17-8-3-9-31-17)21(30)25(19(14)28)18(27)12-4-1-5-13(10-12)20(29)32-16-7-2-6-15(26)23-16/h1-2,4-7,10-11,17H,3,8-9H2,(H,23,26). The van der Waals surface area contributed by atoms with E-state index in [1.807, 2.05) is 0 Å². The minimum atomic E-state index is -1.41. The molecular formula is C21H16FN3O7. The number of nitrogens with one attached hydrogen (secondary N) is 1. The van der Waals surface area contributed by atoms with Crippen molar-refractivity contribution in [2.24, 2.45) is 0 Å². The monoisotopic (exact) mass is 441 g/mol. The van der Waals surface area contributed by atoms with Crippen LogP contribution >= 0.6 is 0 Å². The topological polar surface area (TPSA) is 129 Å². The van der Waals surface area contributed by atoms with Crippen molar-refractivity contribution in [1.29, 1.82) is 0 Å². The van der Waals surface area contributed by atoms with Crippen LogP contribution < -0.4 is 21.5 Å². The van der Waals surface area contributed by atoms with E-state index < -0.39 is 40.7 Å². The number of nitrogens with zero attached hydrogens (tertiary/aromatic N) is 2. The fourth-order valence-electron chi connectivity index (χ4n) is 3.26. The van der Waals surface area contributed by atoms with Gasteiger partial charge in [-0.15, -0.1) is 0 Å². The first-order valence-electron chi connectivity index (χ1n) is 9.57. The molecule has 0 aliphatic carbocycles. The highest BCUT2D eigenvalue weighted by Gasteiger charge is 2.25. The van der Waals surface area contributed by atoms with Crippen molar-refractivity contribution in [3.63, 3.8) is 0 Å². The van der Waals surface area contributed by atoms with Crippen molar-refractivity contribution >= 4 is 11.9 Å². The van der Waals surface area contributed by atoms with Crippen molar-refractivity contribution in [1.82, 2.24) is 14.1 Å². The van der Waals surface area contributed by atoms with Gasteiger partial charge in [0.05, 0.1) is 11.8 Å². The predicted molar refractivity (Wildman–Crippen MR) is 107 cm³/mol. The number of halogens is 1. The van der Waals surface area contributed by atoms with E-state index in [0.29, 0.717) is 19.4 Å². The zero-order chi connectivity index (χ0) is 22.8. The summed E-state index contributed by atoms with van der Waals surface area (Å²) in [4.78, 5) is 64.0. The Kier molecular flexibility index (Phi) is 5.65. The molecule has 11 heteroatoms. The number of carbonyl (C=O) groups is 2. The Labute approximate surface area is 178 Å². The fourth-order valence-corrected chi connectivity index (χ4v) is 3.26. The summed E-state index contributed by atoms with van der Waals surface area (Å²) in [5.41, 5.74) is -3.26. The van der Waals surface area contributed by atoms with Gasteiger partial charge in [-0.2, -0.15) is 8.96 Å². The third-order valence-corrected chi connectivity index (χ3v) is 4.78. The van der Waals surface area contributed by atoms with Crippen molar-refractivity contribution < 1.29 is 23.5 Å². The fraction of sp³-hybridized carbons (Fsp3) is 0.190. The van der Waals surface area contributed by atoms with Crippen LogP contribution in [0.15, 0.2) is 63.0 Å². The van der Waals surface area contributed by atoms with Crippen LogP contribution in [0.1, 0.15) is 39.8 Å². The second-order valence-corrected chi connectivity index (χ2v) is 6.93. The van der Waals surface area contributed by atoms with Gasteiger partial charge in [0.1, 0.15) is 6.23 Å². The molecule has 0 amide bonds. The van der Waals surface area contributed by atoms with Crippen LogP contribution in [0.2, 0.25) is 0 Å². The Morgan fingerprint density at radius 1 is 1.09 bits per heavy atom. The molecule has 1 aliphatic heterocycles. The minimum Gasteiger partial charge on any atom is -0.406 e. The van der Waals surface area contributed by atoms with E-state index in [0.717, 1.165) is 16.8 Å². The molecule has 1 fully saturated rings. The molecule has 4 rings (SSSR count). The second-order valence-electron chi connectivity index (χ2n) is 6.93. The summed E-state index contributed by atoms with van der Waals surface area (Å²) in [7, 11) is 0. The van der Waals surface area contributed by atoms with Crippen molar-refractivity contribution in [3.05, 3.63) is 96.8 Å². The maximum absolute atomic E-state index is 14.2. The SMILES string of the molecule is O=C(Oc1cccc(=O)[nH]1)c1cccc(C(=O)n2c(=O)c(F)cn(C3CCCO3)c2=O)c1. The van der Waals surface area contributed by atoms with E-state index in [2.05, 4.69) is 4.98 Å². The molecule has 0 spiro atoms. The molecule has 1 N–H and O–H groups in total. The number of aromatic nitrogens is 3. The van der Waals surface area contributed by atoms with Gasteiger partial charge in [0.15, 0.2) is 0 Å². The van der Waals surface area contributed by atoms with Crippen LogP contribution in [-0.4, -0.2) is 32.6 Å². The van der Waals surface area contributed by atoms with E-state index in [1.165, 1.54) is 36.4 Å². The predicted octanol–water partition coefficient (Wildman–Crippen LogP) is 1.05. The van der Waals surface area contributed by atoms with Crippen LogP contribution in [0.25, 0.3) is 0 Å². The second kappa shape index (κ2) is 8.55. The summed E-state index contributed by atoms with van der Waals surface area (Å²) in [6, 6.07) is 9.00. The number of carbonyl (C=O) groups excluding carboxylic acids is 2. The average Bonchev–Trinajstić information content (AvgIpc) is 3.31. The molecule has 32 heavy (non-hydrogen) atoms. The maximum Gasteiger partial charge on any atom is 0.344 e. The minimum absolute atomic E-state index is 0.0931. The van der Waals surface area contributed by atoms with Gasteiger partial charge in [-0.25, -0.2) is 9.59 Å². The summed E-state index contributed by atoms with van der Waals surface area (Å²) >= 11 is 0. The van der Waals surface area contributed by atoms with Crippen molar-refractivity contribution in [3.8, 4) is 5.88 Å². The molecule has 164 valence electrons. The normalized spacial score (nSPS) is 15.5. The molecular weight excluding hydrogens is 425 g/mol. The van der Waals surface area contributed by atoms with Gasteiger partial charge in [0.25, 0.3) is 17.0 Å². The number of aromatic amines is 1. The summed E-state index contributed by atoms with van der Waals surface area (Å²) in [5.74, 6) is -3.42. The highest BCUT2D eigenvalue weighted by Crippen LogP contribution is 2.20. The van der Waals surface area contributed by atoms with Gasteiger partial charge in [0, 0.05) is 18.2 Å². The number of H-pyrrole nitrogens is 1. The Morgan fingerprint density at radius 3 is 2.56 bits per heavy atom. The molecule has 0 bridgehead atoms. The first-order chi connectivity index (χ1) is 15.3. The zero-order valence-corrected chi connectivity index (χ0v) is 16.4. The van der Waals surface area contributed by atoms with Crippen molar-refractivity contribution in [2.75, 3.05) is 6.61 Å². The Morgan fingerprint density at radius 2 is 1.84 bits per heavy atom. The Balaban J connectivity index is 1.69. The molecule has 0 radical (unpaired) electrons. The lowest BCUT2D eigenvalue weighted by atomic mass is 10.1. The molecule has 2 aromatic heterocycles. The largest absolute Gasteiger partial charge is 0.406 e. The number of rotatable bonds is 4. The third-order valence-electron chi connectivity index (χ3n) is 4.78. The number of benzene rings is 1. The number of ether oxygens (including phenoxy) is 2. The zero-order valence-electron chi connectivity index (χ0n) is 16.4. The molecule has 0 saturated carbocycles. The quantitative estimate of drug-likeness (QED) is 0.599. The molecule has 3 heterocycles. The first kappa shape index (κ1) is 21.1. The van der Waals surface area contributed by atoms with Crippen LogP contribution in [-0.2, 0) is 4.74 Å². The van der Waals surface area contributed by atoms with Crippen LogP contribution in [0.3, 0.4) is 0 Å². The van der Waals surface area contributed by atoms with Crippen molar-refractivity contribution in [2.45, 2.75) is 19.1 Å². The molecule has 1 aromatic carbocycles. The van der Waals surface area contributed by atoms with Gasteiger partial charge >= 0.3 is 11.7 Å². The summed E-state index contributed by atoms with van der Waals surface area (Å²) in [5, 5.41) is 0. The smallest absolute Gasteiger partial charge is 0.344 e. The Bertz CT molecular complexity index is 1380. The molecule has 1 aliphatic rings. The van der Waals surface area contributed by atoms with E-state index in [-0.39, 0.29) is 21.6 Å². The van der Waals surface area contributed by atoms with Crippen LogP contribution in [0.4, 0.5) is 4.39 Å². The lowest BCUT2D eigenvalue weighted by Crippen LogP contribution is -2.46. The molecule has 1 unspecified atom stereocenters. The van der Waals surface area contributed by atoms with Crippen LogP contribution in [0, 0.1) is 5.82 Å². The maximum atomic E-state index is 14.2. The summed E-state index contributed by atoms with van der Waals surface area (Å²) in [6.45, 7) is 0.364. The van der Waals surface area contributed by atoms with Gasteiger partial charge in [-0.1, -0.05) is 12.1 Å². The van der Waals surface area contributed by atoms with Crippen LogP contribution in [0.5, 0.6) is 5.88 Å². The molecule has 1 atom stereocenters. The molecule has 1 saturated heterocycles. The van der Waals surface area contributed by atoms with Gasteiger partial charge < -0.3 is 9.47 Å². The average molecular weight is 441 g/mol.